The third-order valence-corrected chi connectivity index (χ3v) is 7.25. The minimum Gasteiger partial charge on any atom is -0.390 e. The van der Waals surface area contributed by atoms with Gasteiger partial charge in [-0.2, -0.15) is 0 Å². The second-order valence-corrected chi connectivity index (χ2v) is 10.3. The number of aryl methyl sites for hydroxylation is 1. The summed E-state index contributed by atoms with van der Waals surface area (Å²) in [5.74, 6) is -1.35. The first-order chi connectivity index (χ1) is 17.8. The predicted molar refractivity (Wildman–Crippen MR) is 141 cm³/mol. The van der Waals surface area contributed by atoms with Crippen LogP contribution < -0.4 is 10.6 Å². The third kappa shape index (κ3) is 9.31. The Morgan fingerprint density at radius 1 is 1.05 bits per heavy atom. The predicted octanol–water partition coefficient (Wildman–Crippen LogP) is 4.88. The molecule has 1 aliphatic carbocycles. The lowest BCUT2D eigenvalue weighted by Gasteiger charge is -2.29. The number of hydrogen-bond acceptors (Lipinski definition) is 4. The van der Waals surface area contributed by atoms with Crippen LogP contribution in [0.25, 0.3) is 0 Å². The molecule has 0 aliphatic heterocycles. The molecule has 0 bridgehead atoms. The molecule has 2 aromatic rings. The number of carbonyl (C=O) groups excluding carboxylic acids is 2. The normalized spacial score (nSPS) is 19.4. The highest BCUT2D eigenvalue weighted by Crippen LogP contribution is 2.30. The smallest absolute Gasteiger partial charge is 0.220 e. The number of ketones is 1. The Morgan fingerprint density at radius 2 is 1.78 bits per heavy atom. The maximum Gasteiger partial charge on any atom is 0.220 e. The van der Waals surface area contributed by atoms with Gasteiger partial charge < -0.3 is 15.7 Å². The van der Waals surface area contributed by atoms with E-state index in [4.69, 9.17) is 0 Å². The van der Waals surface area contributed by atoms with Gasteiger partial charge in [-0.25, -0.2) is 8.78 Å². The fraction of sp³-hybridized carbons (Fsp3) is 0.533. The van der Waals surface area contributed by atoms with Crippen LogP contribution in [0.2, 0.25) is 0 Å². The van der Waals surface area contributed by atoms with E-state index in [1.165, 1.54) is 17.7 Å². The Kier molecular flexibility index (Phi) is 11.2. The SMILES string of the molecule is CCCC1CCC(CC(=O)NC(Cc2cc(F)cc(F)c2)C(O)CNCc2cccc(CC)c2)CC1=O. The van der Waals surface area contributed by atoms with Crippen molar-refractivity contribution in [2.75, 3.05) is 6.54 Å². The number of Topliss-reactive ketones (excluding diaryl/α,β-unsaturated/α-hetero) is 1. The van der Waals surface area contributed by atoms with Crippen LogP contribution in [0.4, 0.5) is 8.78 Å². The van der Waals surface area contributed by atoms with E-state index in [0.717, 1.165) is 43.7 Å². The molecule has 0 saturated heterocycles. The lowest BCUT2D eigenvalue weighted by molar-refractivity contribution is -0.128. The molecule has 1 fully saturated rings. The summed E-state index contributed by atoms with van der Waals surface area (Å²) in [5, 5.41) is 17.1. The van der Waals surface area contributed by atoms with Crippen LogP contribution in [0.1, 0.15) is 69.1 Å². The van der Waals surface area contributed by atoms with Crippen LogP contribution in [-0.2, 0) is 29.0 Å². The maximum absolute atomic E-state index is 13.8. The lowest BCUT2D eigenvalue weighted by atomic mass is 9.78. The van der Waals surface area contributed by atoms with Crippen LogP contribution in [0.5, 0.6) is 0 Å². The average Bonchev–Trinajstić information content (AvgIpc) is 2.85. The fourth-order valence-electron chi connectivity index (χ4n) is 5.24. The molecule has 5 nitrogen and oxygen atoms in total. The van der Waals surface area contributed by atoms with Crippen molar-refractivity contribution >= 4 is 11.7 Å². The van der Waals surface area contributed by atoms with E-state index in [9.17, 15) is 23.5 Å². The molecular weight excluding hydrogens is 474 g/mol. The molecule has 1 amide bonds. The fourth-order valence-corrected chi connectivity index (χ4v) is 5.24. The van der Waals surface area contributed by atoms with Crippen LogP contribution in [-0.4, -0.2) is 35.5 Å². The molecule has 202 valence electrons. The number of carbonyl (C=O) groups is 2. The number of nitrogens with one attached hydrogen (secondary N) is 2. The van der Waals surface area contributed by atoms with Crippen LogP contribution >= 0.6 is 0 Å². The first-order valence-electron chi connectivity index (χ1n) is 13.5. The first-order valence-corrected chi connectivity index (χ1v) is 13.5. The van der Waals surface area contributed by atoms with E-state index in [0.29, 0.717) is 18.5 Å². The Morgan fingerprint density at radius 3 is 2.46 bits per heavy atom. The average molecular weight is 515 g/mol. The molecule has 3 N–H and O–H groups in total. The second-order valence-electron chi connectivity index (χ2n) is 10.3. The molecule has 1 saturated carbocycles. The monoisotopic (exact) mass is 514 g/mol. The van der Waals surface area contributed by atoms with Crippen molar-refractivity contribution in [2.45, 2.75) is 83.9 Å². The van der Waals surface area contributed by atoms with Gasteiger partial charge in [0.2, 0.25) is 5.91 Å². The van der Waals surface area contributed by atoms with Gasteiger partial charge in [-0.1, -0.05) is 44.5 Å². The number of aliphatic hydroxyl groups excluding tert-OH is 1. The Bertz CT molecular complexity index is 1020. The minimum atomic E-state index is -0.980. The van der Waals surface area contributed by atoms with E-state index in [1.54, 1.807) is 0 Å². The number of aliphatic hydroxyl groups is 1. The van der Waals surface area contributed by atoms with Gasteiger partial charge in [-0.05, 0) is 66.8 Å². The van der Waals surface area contributed by atoms with Crippen molar-refractivity contribution in [3.8, 4) is 0 Å². The molecule has 0 heterocycles. The van der Waals surface area contributed by atoms with Crippen LogP contribution in [0.3, 0.4) is 0 Å². The second kappa shape index (κ2) is 14.3. The first kappa shape index (κ1) is 28.9. The van der Waals surface area contributed by atoms with E-state index in [-0.39, 0.29) is 42.9 Å². The molecule has 4 atom stereocenters. The van der Waals surface area contributed by atoms with Crippen molar-refractivity contribution < 1.29 is 23.5 Å². The largest absolute Gasteiger partial charge is 0.390 e. The van der Waals surface area contributed by atoms with Crippen molar-refractivity contribution in [3.63, 3.8) is 0 Å². The van der Waals surface area contributed by atoms with E-state index in [1.807, 2.05) is 12.1 Å². The molecule has 7 heteroatoms. The van der Waals surface area contributed by atoms with E-state index in [2.05, 4.69) is 36.6 Å². The molecule has 0 spiro atoms. The van der Waals surface area contributed by atoms with Crippen molar-refractivity contribution in [1.82, 2.24) is 10.6 Å². The Hall–Kier alpha value is -2.64. The van der Waals surface area contributed by atoms with Gasteiger partial charge in [0.25, 0.3) is 0 Å². The number of benzene rings is 2. The van der Waals surface area contributed by atoms with Crippen LogP contribution in [0, 0.1) is 23.5 Å². The maximum atomic E-state index is 13.8. The summed E-state index contributed by atoms with van der Waals surface area (Å²) in [7, 11) is 0. The molecule has 4 unspecified atom stereocenters. The zero-order valence-electron chi connectivity index (χ0n) is 21.9. The summed E-state index contributed by atoms with van der Waals surface area (Å²) in [6.07, 6.45) is 4.13. The lowest BCUT2D eigenvalue weighted by Crippen LogP contribution is -2.49. The highest BCUT2D eigenvalue weighted by molar-refractivity contribution is 5.83. The summed E-state index contributed by atoms with van der Waals surface area (Å²) >= 11 is 0. The molecule has 37 heavy (non-hydrogen) atoms. The molecule has 0 aromatic heterocycles. The Labute approximate surface area is 219 Å². The standard InChI is InChI=1S/C30H40F2N2O3/c1-3-6-24-10-9-21(15-28(24)35)16-30(37)34-27(14-23-12-25(31)17-26(32)13-23)29(36)19-33-18-22-8-5-7-20(4-2)11-22/h5,7-8,11-13,17,21,24,27,29,33,36H,3-4,6,9-10,14-16,18-19H2,1-2H3,(H,34,37). The number of rotatable bonds is 13. The zero-order chi connectivity index (χ0) is 26.8. The van der Waals surface area contributed by atoms with Gasteiger partial charge in [0.1, 0.15) is 17.4 Å². The van der Waals surface area contributed by atoms with Crippen molar-refractivity contribution in [1.29, 1.82) is 0 Å². The molecule has 3 rings (SSSR count). The topological polar surface area (TPSA) is 78.4 Å². The van der Waals surface area contributed by atoms with Crippen molar-refractivity contribution in [2.24, 2.45) is 11.8 Å². The third-order valence-electron chi connectivity index (χ3n) is 7.25. The summed E-state index contributed by atoms with van der Waals surface area (Å²) in [6, 6.07) is 10.6. The number of amides is 1. The van der Waals surface area contributed by atoms with Crippen LogP contribution in [0.15, 0.2) is 42.5 Å². The molecule has 1 aliphatic rings. The Balaban J connectivity index is 1.61. The van der Waals surface area contributed by atoms with E-state index >= 15 is 0 Å². The van der Waals surface area contributed by atoms with Gasteiger partial charge in [0, 0.05) is 37.9 Å². The highest BCUT2D eigenvalue weighted by Gasteiger charge is 2.30. The molecule has 0 radical (unpaired) electrons. The molecular formula is C30H40F2N2O3. The number of halogens is 2. The minimum absolute atomic E-state index is 0.0195. The quantitative estimate of drug-likeness (QED) is 0.356. The van der Waals surface area contributed by atoms with Gasteiger partial charge >= 0.3 is 0 Å². The van der Waals surface area contributed by atoms with Gasteiger partial charge in [-0.3, -0.25) is 9.59 Å². The van der Waals surface area contributed by atoms with Gasteiger partial charge in [-0.15, -0.1) is 0 Å². The summed E-state index contributed by atoms with van der Waals surface area (Å²) in [4.78, 5) is 25.4. The zero-order valence-corrected chi connectivity index (χ0v) is 21.9. The van der Waals surface area contributed by atoms with E-state index < -0.39 is 23.8 Å². The molecule has 2 aromatic carbocycles. The summed E-state index contributed by atoms with van der Waals surface area (Å²) in [6.45, 7) is 4.90. The van der Waals surface area contributed by atoms with Crippen molar-refractivity contribution in [3.05, 3.63) is 70.8 Å². The summed E-state index contributed by atoms with van der Waals surface area (Å²) < 4.78 is 27.6. The highest BCUT2D eigenvalue weighted by atomic mass is 19.1. The van der Waals surface area contributed by atoms with Gasteiger partial charge in [0.05, 0.1) is 12.1 Å². The summed E-state index contributed by atoms with van der Waals surface area (Å²) in [5.41, 5.74) is 2.66. The number of hydrogen-bond donors (Lipinski definition) is 3. The van der Waals surface area contributed by atoms with Gasteiger partial charge in [0.15, 0.2) is 0 Å².